The van der Waals surface area contributed by atoms with Gasteiger partial charge in [0.1, 0.15) is 0 Å². The molecule has 0 bridgehead atoms. The molecular weight excluding hydrogens is 216 g/mol. The predicted molar refractivity (Wildman–Crippen MR) is 73.0 cm³/mol. The van der Waals surface area contributed by atoms with E-state index in [1.165, 1.54) is 0 Å². The summed E-state index contributed by atoms with van der Waals surface area (Å²) in [6.45, 7) is 18.6. The van der Waals surface area contributed by atoms with Crippen molar-refractivity contribution in [2.45, 2.75) is 77.6 Å². The van der Waals surface area contributed by atoms with Crippen LogP contribution in [-0.4, -0.2) is 18.1 Å². The van der Waals surface area contributed by atoms with Crippen molar-refractivity contribution in [1.82, 2.24) is 0 Å². The van der Waals surface area contributed by atoms with E-state index in [0.717, 1.165) is 0 Å². The van der Waals surface area contributed by atoms with Crippen LogP contribution in [0.4, 0.5) is 0 Å². The van der Waals surface area contributed by atoms with Crippen LogP contribution in [0.15, 0.2) is 0 Å². The zero-order valence-electron chi connectivity index (χ0n) is 11.7. The van der Waals surface area contributed by atoms with Gasteiger partial charge in [-0.25, -0.2) is 0 Å². The minimum Gasteiger partial charge on any atom is -0.455 e. The van der Waals surface area contributed by atoms with E-state index in [9.17, 15) is 0 Å². The molecule has 0 aromatic rings. The van der Waals surface area contributed by atoms with Crippen LogP contribution >= 0.6 is 0 Å². The Kier molecular flexibility index (Phi) is 6.37. The second kappa shape index (κ2) is 6.21. The second-order valence-electron chi connectivity index (χ2n) is 5.69. The molecule has 90 valence electrons. The lowest BCUT2D eigenvalue weighted by Crippen LogP contribution is -2.48. The van der Waals surface area contributed by atoms with Crippen LogP contribution in [0, 0.1) is 0 Å². The van der Waals surface area contributed by atoms with Crippen LogP contribution in [0.3, 0.4) is 0 Å². The van der Waals surface area contributed by atoms with Gasteiger partial charge in [-0.15, -0.1) is 0 Å². The van der Waals surface area contributed by atoms with E-state index in [4.69, 9.17) is 4.12 Å². The first-order valence-corrected chi connectivity index (χ1v) is 9.31. The van der Waals surface area contributed by atoms with Gasteiger partial charge in [0, 0.05) is 0 Å². The predicted octanol–water partition coefficient (Wildman–Crippen LogP) is 4.63. The zero-order valence-corrected chi connectivity index (χ0v) is 13.7. The highest BCUT2D eigenvalue weighted by molar-refractivity contribution is 6.81. The third kappa shape index (κ3) is 3.72. The fourth-order valence-corrected chi connectivity index (χ4v) is 11.2. The Labute approximate surface area is 100 Å². The molecule has 0 amide bonds. The van der Waals surface area contributed by atoms with Gasteiger partial charge in [-0.05, 0) is 22.2 Å². The molecule has 0 rings (SSSR count). The van der Waals surface area contributed by atoms with Gasteiger partial charge in [0.15, 0.2) is 8.32 Å². The van der Waals surface area contributed by atoms with Crippen molar-refractivity contribution in [1.29, 1.82) is 0 Å². The van der Waals surface area contributed by atoms with Crippen LogP contribution in [0.2, 0.25) is 22.2 Å². The lowest BCUT2D eigenvalue weighted by molar-refractivity contribution is 0.497. The first kappa shape index (κ1) is 15.4. The average molecular weight is 245 g/mol. The molecule has 3 heteroatoms. The molecule has 0 spiro atoms. The van der Waals surface area contributed by atoms with Crippen LogP contribution < -0.4 is 0 Å². The summed E-state index contributed by atoms with van der Waals surface area (Å²) in [5.41, 5.74) is 2.81. The van der Waals surface area contributed by atoms with E-state index in [0.29, 0.717) is 31.9 Å². The van der Waals surface area contributed by atoms with Gasteiger partial charge >= 0.3 is 0 Å². The minimum atomic E-state index is -1.58. The van der Waals surface area contributed by atoms with Crippen molar-refractivity contribution in [3.05, 3.63) is 0 Å². The molecule has 0 heterocycles. The molecule has 0 aliphatic rings. The largest absolute Gasteiger partial charge is 0.455 e. The molecule has 0 aromatic carbocycles. The van der Waals surface area contributed by atoms with Gasteiger partial charge in [-0.1, -0.05) is 55.4 Å². The Hall–Kier alpha value is 0.394. The summed E-state index contributed by atoms with van der Waals surface area (Å²) in [5.74, 6) is 0. The maximum Gasteiger partial charge on any atom is 0.218 e. The second-order valence-corrected chi connectivity index (χ2v) is 13.1. The summed E-state index contributed by atoms with van der Waals surface area (Å²) in [4.78, 5) is 0. The summed E-state index contributed by atoms with van der Waals surface area (Å²) in [6.07, 6.45) is 0. The van der Waals surface area contributed by atoms with Crippen molar-refractivity contribution < 1.29 is 4.12 Å². The van der Waals surface area contributed by atoms with E-state index in [1.807, 2.05) is 0 Å². The first-order chi connectivity index (χ1) is 6.75. The first-order valence-electron chi connectivity index (χ1n) is 6.18. The molecule has 2 radical (unpaired) electrons. The number of hydrogen-bond acceptors (Lipinski definition) is 1. The van der Waals surface area contributed by atoms with Gasteiger partial charge in [0.2, 0.25) is 9.76 Å². The molecule has 0 fully saturated rings. The SMILES string of the molecule is CC(C)[Si]O[Si](C(C)C)(C(C)C)C(C)C. The summed E-state index contributed by atoms with van der Waals surface area (Å²) in [6, 6.07) is 0. The van der Waals surface area contributed by atoms with Crippen molar-refractivity contribution in [3.63, 3.8) is 0 Å². The number of hydrogen-bond donors (Lipinski definition) is 0. The Morgan fingerprint density at radius 1 is 0.733 bits per heavy atom. The molecule has 0 unspecified atom stereocenters. The molecule has 0 saturated heterocycles. The van der Waals surface area contributed by atoms with Gasteiger partial charge in [0.05, 0.1) is 0 Å². The fourth-order valence-electron chi connectivity index (χ4n) is 2.57. The topological polar surface area (TPSA) is 9.23 Å². The third-order valence-electron chi connectivity index (χ3n) is 3.18. The van der Waals surface area contributed by atoms with Gasteiger partial charge in [-0.3, -0.25) is 0 Å². The molecule has 1 nitrogen and oxygen atoms in total. The maximum atomic E-state index is 6.44. The highest BCUT2D eigenvalue weighted by atomic mass is 28.4. The molecule has 0 aromatic heterocycles. The van der Waals surface area contributed by atoms with Crippen LogP contribution in [-0.2, 0) is 4.12 Å². The van der Waals surface area contributed by atoms with Crippen molar-refractivity contribution in [2.24, 2.45) is 0 Å². The van der Waals surface area contributed by atoms with Crippen molar-refractivity contribution in [3.8, 4) is 0 Å². The van der Waals surface area contributed by atoms with Gasteiger partial charge in [-0.2, -0.15) is 0 Å². The van der Waals surface area contributed by atoms with Crippen molar-refractivity contribution >= 4 is 18.1 Å². The van der Waals surface area contributed by atoms with Crippen molar-refractivity contribution in [2.75, 3.05) is 0 Å². The molecule has 0 atom stereocenters. The van der Waals surface area contributed by atoms with Gasteiger partial charge < -0.3 is 4.12 Å². The third-order valence-corrected chi connectivity index (χ3v) is 10.9. The fraction of sp³-hybridized carbons (Fsp3) is 1.00. The van der Waals surface area contributed by atoms with E-state index in [1.54, 1.807) is 0 Å². The van der Waals surface area contributed by atoms with E-state index in [-0.39, 0.29) is 0 Å². The molecule has 0 saturated carbocycles. The lowest BCUT2D eigenvalue weighted by atomic mass is 10.5. The van der Waals surface area contributed by atoms with Crippen LogP contribution in [0.1, 0.15) is 55.4 Å². The summed E-state index contributed by atoms with van der Waals surface area (Å²) < 4.78 is 6.44. The van der Waals surface area contributed by atoms with E-state index >= 15 is 0 Å². The average Bonchev–Trinajstić information content (AvgIpc) is 2.02. The van der Waals surface area contributed by atoms with Gasteiger partial charge in [0.25, 0.3) is 0 Å². The summed E-state index contributed by atoms with van der Waals surface area (Å²) in [5, 5.41) is 0. The Morgan fingerprint density at radius 2 is 1.07 bits per heavy atom. The highest BCUT2D eigenvalue weighted by Crippen LogP contribution is 2.42. The monoisotopic (exact) mass is 244 g/mol. The molecule has 0 N–H and O–H groups in total. The summed E-state index contributed by atoms with van der Waals surface area (Å²) in [7, 11) is -0.898. The Morgan fingerprint density at radius 3 is 1.27 bits per heavy atom. The standard InChI is InChI=1S/C12H28OSi2/c1-9(2)14-13-15(10(3)4,11(5)6)12(7)8/h9-12H,1-8H3. The lowest BCUT2D eigenvalue weighted by Gasteiger charge is -2.42. The van der Waals surface area contributed by atoms with E-state index in [2.05, 4.69) is 55.4 Å². The Balaban J connectivity index is 4.80. The molecule has 0 aliphatic heterocycles. The number of rotatable bonds is 6. The molecular formula is C12H28OSi2. The zero-order chi connectivity index (χ0) is 12.2. The summed E-state index contributed by atoms with van der Waals surface area (Å²) >= 11 is 0. The normalized spacial score (nSPS) is 13.6. The van der Waals surface area contributed by atoms with E-state index < -0.39 is 8.32 Å². The van der Waals surface area contributed by atoms with Crippen LogP contribution in [0.5, 0.6) is 0 Å². The quantitative estimate of drug-likeness (QED) is 0.619. The Bertz CT molecular complexity index is 155. The maximum absolute atomic E-state index is 6.44. The molecule has 15 heavy (non-hydrogen) atoms. The minimum absolute atomic E-state index is 0.674. The smallest absolute Gasteiger partial charge is 0.218 e. The highest BCUT2D eigenvalue weighted by Gasteiger charge is 2.44. The van der Waals surface area contributed by atoms with Crippen LogP contribution in [0.25, 0.3) is 0 Å². The molecule has 0 aliphatic carbocycles.